The highest BCUT2D eigenvalue weighted by molar-refractivity contribution is 5.08. The number of hydrogen-bond acceptors (Lipinski definition) is 1. The van der Waals surface area contributed by atoms with E-state index in [1.165, 1.54) is 5.69 Å². The molecule has 0 saturated carbocycles. The number of nitrogens with zero attached hydrogens (tertiary/aromatic N) is 1. The van der Waals surface area contributed by atoms with Crippen LogP contribution in [0.15, 0.2) is 18.3 Å². The van der Waals surface area contributed by atoms with Gasteiger partial charge in [0.05, 0.1) is 6.10 Å². The molecule has 0 aliphatic rings. The fourth-order valence-electron chi connectivity index (χ4n) is 1.23. The molecule has 11 heavy (non-hydrogen) atoms. The molecule has 0 unspecified atom stereocenters. The van der Waals surface area contributed by atoms with Crippen LogP contribution in [-0.2, 0) is 11.8 Å². The minimum absolute atomic E-state index is 0.208. The molecule has 0 spiro atoms. The Hall–Kier alpha value is -0.760. The van der Waals surface area contributed by atoms with E-state index >= 15 is 0 Å². The maximum atomic E-state index is 5.45. The molecule has 2 heteroatoms. The second-order valence-electron chi connectivity index (χ2n) is 2.64. The zero-order valence-corrected chi connectivity index (χ0v) is 7.37. The van der Waals surface area contributed by atoms with E-state index < -0.39 is 0 Å². The van der Waals surface area contributed by atoms with Crippen molar-refractivity contribution in [2.45, 2.75) is 20.0 Å². The smallest absolute Gasteiger partial charge is 0.0946 e. The Labute approximate surface area is 67.8 Å². The average molecular weight is 153 g/mol. The molecule has 0 aromatic carbocycles. The summed E-state index contributed by atoms with van der Waals surface area (Å²) < 4.78 is 7.53. The second-order valence-corrected chi connectivity index (χ2v) is 2.64. The van der Waals surface area contributed by atoms with Gasteiger partial charge in [0, 0.05) is 25.5 Å². The van der Waals surface area contributed by atoms with Gasteiger partial charge >= 0.3 is 0 Å². The second kappa shape index (κ2) is 3.58. The van der Waals surface area contributed by atoms with Crippen molar-refractivity contribution in [3.63, 3.8) is 0 Å². The van der Waals surface area contributed by atoms with Crippen molar-refractivity contribution in [3.8, 4) is 0 Å². The molecule has 0 amide bonds. The van der Waals surface area contributed by atoms with Gasteiger partial charge in [-0.3, -0.25) is 0 Å². The van der Waals surface area contributed by atoms with Crippen LogP contribution in [0.3, 0.4) is 0 Å². The van der Waals surface area contributed by atoms with E-state index in [-0.39, 0.29) is 6.10 Å². The Kier molecular flexibility index (Phi) is 2.71. The summed E-state index contributed by atoms with van der Waals surface area (Å²) in [5.41, 5.74) is 1.23. The Morgan fingerprint density at radius 3 is 2.82 bits per heavy atom. The van der Waals surface area contributed by atoms with Crippen LogP contribution in [0.4, 0.5) is 0 Å². The molecule has 0 fully saturated rings. The first kappa shape index (κ1) is 8.34. The fourth-order valence-corrected chi connectivity index (χ4v) is 1.23. The highest BCUT2D eigenvalue weighted by Crippen LogP contribution is 2.15. The van der Waals surface area contributed by atoms with E-state index in [1.54, 1.807) is 0 Å². The number of aromatic nitrogens is 1. The third-order valence-electron chi connectivity index (χ3n) is 1.82. The molecule has 0 radical (unpaired) electrons. The molecule has 0 aliphatic carbocycles. The van der Waals surface area contributed by atoms with E-state index in [2.05, 4.69) is 17.6 Å². The van der Waals surface area contributed by atoms with Gasteiger partial charge in [-0.1, -0.05) is 0 Å². The van der Waals surface area contributed by atoms with Gasteiger partial charge in [0.25, 0.3) is 0 Å². The molecule has 0 saturated heterocycles. The fraction of sp³-hybridized carbons (Fsp3) is 0.556. The van der Waals surface area contributed by atoms with Gasteiger partial charge in [0.15, 0.2) is 0 Å². The van der Waals surface area contributed by atoms with Crippen molar-refractivity contribution in [1.82, 2.24) is 4.57 Å². The summed E-state index contributed by atoms with van der Waals surface area (Å²) >= 11 is 0. The predicted octanol–water partition coefficient (Wildman–Crippen LogP) is 2.12. The summed E-state index contributed by atoms with van der Waals surface area (Å²) in [4.78, 5) is 0. The summed E-state index contributed by atoms with van der Waals surface area (Å²) in [6.45, 7) is 4.85. The lowest BCUT2D eigenvalue weighted by Crippen LogP contribution is -2.04. The van der Waals surface area contributed by atoms with Gasteiger partial charge in [0.1, 0.15) is 0 Å². The van der Waals surface area contributed by atoms with E-state index in [4.69, 9.17) is 4.74 Å². The Morgan fingerprint density at radius 2 is 2.36 bits per heavy atom. The quantitative estimate of drug-likeness (QED) is 0.648. The van der Waals surface area contributed by atoms with Crippen LogP contribution in [0.25, 0.3) is 0 Å². The minimum Gasteiger partial charge on any atom is -0.373 e. The highest BCUT2D eigenvalue weighted by Gasteiger charge is 2.06. The van der Waals surface area contributed by atoms with Crippen molar-refractivity contribution >= 4 is 0 Å². The molecule has 1 atom stereocenters. The van der Waals surface area contributed by atoms with Crippen LogP contribution in [0.5, 0.6) is 0 Å². The van der Waals surface area contributed by atoms with E-state index in [0.717, 1.165) is 6.61 Å². The SMILES string of the molecule is CCO[C@H](C)c1cccn1C. The molecule has 1 aromatic heterocycles. The van der Waals surface area contributed by atoms with Crippen molar-refractivity contribution < 1.29 is 4.74 Å². The monoisotopic (exact) mass is 153 g/mol. The van der Waals surface area contributed by atoms with Crippen LogP contribution in [0.2, 0.25) is 0 Å². The predicted molar refractivity (Wildman–Crippen MR) is 45.5 cm³/mol. The molecule has 1 aromatic rings. The molecular weight excluding hydrogens is 138 g/mol. The number of rotatable bonds is 3. The van der Waals surface area contributed by atoms with Crippen LogP contribution in [-0.4, -0.2) is 11.2 Å². The summed E-state index contributed by atoms with van der Waals surface area (Å²) in [6, 6.07) is 4.12. The molecule has 62 valence electrons. The number of aryl methyl sites for hydroxylation is 1. The van der Waals surface area contributed by atoms with Gasteiger partial charge in [-0.05, 0) is 26.0 Å². The summed E-state index contributed by atoms with van der Waals surface area (Å²) in [5.74, 6) is 0. The molecule has 1 heterocycles. The minimum atomic E-state index is 0.208. The lowest BCUT2D eigenvalue weighted by Gasteiger charge is -2.12. The number of hydrogen-bond donors (Lipinski definition) is 0. The van der Waals surface area contributed by atoms with Gasteiger partial charge in [-0.15, -0.1) is 0 Å². The Bertz CT molecular complexity index is 217. The molecule has 0 aliphatic heterocycles. The lowest BCUT2D eigenvalue weighted by atomic mass is 10.3. The zero-order chi connectivity index (χ0) is 8.27. The highest BCUT2D eigenvalue weighted by atomic mass is 16.5. The largest absolute Gasteiger partial charge is 0.373 e. The topological polar surface area (TPSA) is 14.2 Å². The van der Waals surface area contributed by atoms with E-state index in [0.29, 0.717) is 0 Å². The third-order valence-corrected chi connectivity index (χ3v) is 1.82. The maximum Gasteiger partial charge on any atom is 0.0946 e. The standard InChI is InChI=1S/C9H15NO/c1-4-11-8(2)9-6-5-7-10(9)3/h5-8H,4H2,1-3H3/t8-/m1/s1. The molecule has 0 N–H and O–H groups in total. The normalized spacial score (nSPS) is 13.4. The van der Waals surface area contributed by atoms with Crippen molar-refractivity contribution in [3.05, 3.63) is 24.0 Å². The number of ether oxygens (including phenoxy) is 1. The molecule has 1 rings (SSSR count). The first-order chi connectivity index (χ1) is 5.25. The first-order valence-electron chi connectivity index (χ1n) is 3.98. The lowest BCUT2D eigenvalue weighted by molar-refractivity contribution is 0.0714. The summed E-state index contributed by atoms with van der Waals surface area (Å²) in [6.07, 6.45) is 2.24. The van der Waals surface area contributed by atoms with Gasteiger partial charge in [-0.25, -0.2) is 0 Å². The molecule has 2 nitrogen and oxygen atoms in total. The first-order valence-corrected chi connectivity index (χ1v) is 3.98. The van der Waals surface area contributed by atoms with Crippen LogP contribution in [0.1, 0.15) is 25.6 Å². The zero-order valence-electron chi connectivity index (χ0n) is 7.37. The summed E-state index contributed by atoms with van der Waals surface area (Å²) in [5, 5.41) is 0. The van der Waals surface area contributed by atoms with Gasteiger partial charge in [0.2, 0.25) is 0 Å². The Balaban J connectivity index is 2.67. The maximum absolute atomic E-state index is 5.45. The Morgan fingerprint density at radius 1 is 1.64 bits per heavy atom. The van der Waals surface area contributed by atoms with Crippen molar-refractivity contribution in [1.29, 1.82) is 0 Å². The average Bonchev–Trinajstić information content (AvgIpc) is 2.36. The molecular formula is C9H15NO. The van der Waals surface area contributed by atoms with Crippen molar-refractivity contribution in [2.24, 2.45) is 7.05 Å². The van der Waals surface area contributed by atoms with Crippen LogP contribution in [0, 0.1) is 0 Å². The third kappa shape index (κ3) is 1.84. The molecule has 0 bridgehead atoms. The van der Waals surface area contributed by atoms with E-state index in [1.807, 2.05) is 26.2 Å². The van der Waals surface area contributed by atoms with Crippen LogP contribution < -0.4 is 0 Å². The van der Waals surface area contributed by atoms with Crippen molar-refractivity contribution in [2.75, 3.05) is 6.61 Å². The van der Waals surface area contributed by atoms with Gasteiger partial charge in [-0.2, -0.15) is 0 Å². The van der Waals surface area contributed by atoms with Gasteiger partial charge < -0.3 is 9.30 Å². The summed E-state index contributed by atoms with van der Waals surface area (Å²) in [7, 11) is 2.03. The van der Waals surface area contributed by atoms with Crippen LogP contribution >= 0.6 is 0 Å². The van der Waals surface area contributed by atoms with E-state index in [9.17, 15) is 0 Å².